The minimum atomic E-state index is -0.189. The van der Waals surface area contributed by atoms with Gasteiger partial charge in [0.25, 0.3) is 5.91 Å². The zero-order valence-electron chi connectivity index (χ0n) is 12.3. The van der Waals surface area contributed by atoms with Gasteiger partial charge in [-0.2, -0.15) is 0 Å². The molecule has 0 aliphatic heterocycles. The van der Waals surface area contributed by atoms with Crippen LogP contribution in [-0.4, -0.2) is 56.1 Å². The van der Waals surface area contributed by atoms with Gasteiger partial charge in [0.05, 0.1) is 0 Å². The molecule has 0 saturated heterocycles. The summed E-state index contributed by atoms with van der Waals surface area (Å²) in [5, 5.41) is 8.32. The second kappa shape index (κ2) is 7.32. The van der Waals surface area contributed by atoms with Crippen molar-refractivity contribution in [2.24, 2.45) is 0 Å². The summed E-state index contributed by atoms with van der Waals surface area (Å²) in [5.41, 5.74) is 1.31. The van der Waals surface area contributed by atoms with Crippen molar-refractivity contribution in [3.8, 4) is 0 Å². The quantitative estimate of drug-likeness (QED) is 0.682. The zero-order valence-corrected chi connectivity index (χ0v) is 12.3. The average molecular weight is 279 g/mol. The Kier molecular flexibility index (Phi) is 5.76. The summed E-state index contributed by atoms with van der Waals surface area (Å²) in [6.07, 6.45) is 0. The van der Waals surface area contributed by atoms with E-state index >= 15 is 0 Å². The standard InChI is InChI=1S/C13H21N5O2/c1-9-7-10(8-11(14-2)17-9)12(19)15-5-6-16-13(20)18(3)4/h7-8H,5-6H2,1-4H3,(H,14,17)(H,15,19)(H,16,20). The third-order valence-corrected chi connectivity index (χ3v) is 2.56. The van der Waals surface area contributed by atoms with Gasteiger partial charge in [-0.15, -0.1) is 0 Å². The molecule has 7 heteroatoms. The number of nitrogens with one attached hydrogen (secondary N) is 3. The molecule has 0 fully saturated rings. The van der Waals surface area contributed by atoms with Crippen LogP contribution in [0, 0.1) is 6.92 Å². The van der Waals surface area contributed by atoms with Crippen LogP contribution in [0.25, 0.3) is 0 Å². The Morgan fingerprint density at radius 3 is 2.45 bits per heavy atom. The van der Waals surface area contributed by atoms with E-state index in [1.54, 1.807) is 33.3 Å². The van der Waals surface area contributed by atoms with Crippen molar-refractivity contribution in [3.63, 3.8) is 0 Å². The molecule has 0 aromatic carbocycles. The lowest BCUT2D eigenvalue weighted by Crippen LogP contribution is -2.39. The molecule has 3 N–H and O–H groups in total. The number of carbonyl (C=O) groups excluding carboxylic acids is 2. The van der Waals surface area contributed by atoms with Gasteiger partial charge >= 0.3 is 6.03 Å². The van der Waals surface area contributed by atoms with Gasteiger partial charge in [0.2, 0.25) is 0 Å². The Morgan fingerprint density at radius 1 is 1.20 bits per heavy atom. The maximum atomic E-state index is 12.0. The zero-order chi connectivity index (χ0) is 15.1. The summed E-state index contributed by atoms with van der Waals surface area (Å²) in [6.45, 7) is 2.58. The molecule has 0 spiro atoms. The van der Waals surface area contributed by atoms with E-state index in [0.717, 1.165) is 5.69 Å². The molecule has 0 unspecified atom stereocenters. The number of pyridine rings is 1. The number of rotatable bonds is 5. The van der Waals surface area contributed by atoms with Crippen LogP contribution in [0.2, 0.25) is 0 Å². The summed E-state index contributed by atoms with van der Waals surface area (Å²) in [5.74, 6) is 0.460. The number of carbonyl (C=O) groups is 2. The highest BCUT2D eigenvalue weighted by molar-refractivity contribution is 5.95. The van der Waals surface area contributed by atoms with Crippen LogP contribution in [-0.2, 0) is 0 Å². The fourth-order valence-electron chi connectivity index (χ4n) is 1.53. The Bertz CT molecular complexity index is 488. The van der Waals surface area contributed by atoms with Crippen LogP contribution in [0.3, 0.4) is 0 Å². The molecule has 0 bridgehead atoms. The Morgan fingerprint density at radius 2 is 1.85 bits per heavy atom. The van der Waals surface area contributed by atoms with Crippen molar-refractivity contribution in [1.29, 1.82) is 0 Å². The van der Waals surface area contributed by atoms with Gasteiger partial charge in [0.1, 0.15) is 5.82 Å². The van der Waals surface area contributed by atoms with Gasteiger partial charge in [-0.1, -0.05) is 0 Å². The lowest BCUT2D eigenvalue weighted by atomic mass is 10.2. The van der Waals surface area contributed by atoms with Crippen LogP contribution in [0.1, 0.15) is 16.1 Å². The van der Waals surface area contributed by atoms with E-state index in [9.17, 15) is 9.59 Å². The molecule has 0 saturated carbocycles. The number of urea groups is 1. The van der Waals surface area contributed by atoms with E-state index in [2.05, 4.69) is 20.9 Å². The lowest BCUT2D eigenvalue weighted by Gasteiger charge is -2.12. The topological polar surface area (TPSA) is 86.4 Å². The van der Waals surface area contributed by atoms with Gasteiger partial charge in [-0.25, -0.2) is 9.78 Å². The number of anilines is 1. The number of nitrogens with zero attached hydrogens (tertiary/aromatic N) is 2. The van der Waals surface area contributed by atoms with Crippen molar-refractivity contribution in [1.82, 2.24) is 20.5 Å². The number of amides is 3. The molecule has 1 heterocycles. The van der Waals surface area contributed by atoms with Crippen molar-refractivity contribution >= 4 is 17.8 Å². The van der Waals surface area contributed by atoms with E-state index < -0.39 is 0 Å². The smallest absolute Gasteiger partial charge is 0.316 e. The molecule has 7 nitrogen and oxygen atoms in total. The van der Waals surface area contributed by atoms with E-state index in [-0.39, 0.29) is 11.9 Å². The van der Waals surface area contributed by atoms with Crippen molar-refractivity contribution in [2.45, 2.75) is 6.92 Å². The van der Waals surface area contributed by atoms with E-state index in [4.69, 9.17) is 0 Å². The largest absolute Gasteiger partial charge is 0.373 e. The lowest BCUT2D eigenvalue weighted by molar-refractivity contribution is 0.0953. The predicted molar refractivity (Wildman–Crippen MR) is 77.9 cm³/mol. The second-order valence-electron chi connectivity index (χ2n) is 4.51. The normalized spacial score (nSPS) is 9.80. The highest BCUT2D eigenvalue weighted by Crippen LogP contribution is 2.09. The highest BCUT2D eigenvalue weighted by Gasteiger charge is 2.08. The van der Waals surface area contributed by atoms with Gasteiger partial charge in [0.15, 0.2) is 0 Å². The fourth-order valence-corrected chi connectivity index (χ4v) is 1.53. The second-order valence-corrected chi connectivity index (χ2v) is 4.51. The molecule has 20 heavy (non-hydrogen) atoms. The molecule has 0 aliphatic rings. The predicted octanol–water partition coefficient (Wildman–Crippen LogP) is 0.433. The van der Waals surface area contributed by atoms with Crippen LogP contribution in [0.4, 0.5) is 10.6 Å². The minimum absolute atomic E-state index is 0.184. The molecule has 1 aromatic heterocycles. The fraction of sp³-hybridized carbons (Fsp3) is 0.462. The van der Waals surface area contributed by atoms with Gasteiger partial charge < -0.3 is 20.9 Å². The third-order valence-electron chi connectivity index (χ3n) is 2.56. The number of aryl methyl sites for hydroxylation is 1. The molecule has 110 valence electrons. The summed E-state index contributed by atoms with van der Waals surface area (Å²) >= 11 is 0. The third kappa shape index (κ3) is 4.75. The molecule has 0 radical (unpaired) electrons. The summed E-state index contributed by atoms with van der Waals surface area (Å²) in [6, 6.07) is 3.21. The van der Waals surface area contributed by atoms with Gasteiger partial charge in [0, 0.05) is 45.5 Å². The van der Waals surface area contributed by atoms with Crippen LogP contribution >= 0.6 is 0 Å². The first-order valence-corrected chi connectivity index (χ1v) is 6.34. The van der Waals surface area contributed by atoms with Gasteiger partial charge in [-0.05, 0) is 19.1 Å². The van der Waals surface area contributed by atoms with E-state index in [1.165, 1.54) is 4.90 Å². The maximum absolute atomic E-state index is 12.0. The summed E-state index contributed by atoms with van der Waals surface area (Å²) < 4.78 is 0. The Hall–Kier alpha value is -2.31. The number of hydrogen-bond acceptors (Lipinski definition) is 4. The first-order valence-electron chi connectivity index (χ1n) is 6.34. The van der Waals surface area contributed by atoms with E-state index in [0.29, 0.717) is 24.5 Å². The van der Waals surface area contributed by atoms with Crippen molar-refractivity contribution in [3.05, 3.63) is 23.4 Å². The molecule has 1 rings (SSSR count). The van der Waals surface area contributed by atoms with Crippen molar-refractivity contribution < 1.29 is 9.59 Å². The summed E-state index contributed by atoms with van der Waals surface area (Å²) in [4.78, 5) is 28.9. The maximum Gasteiger partial charge on any atom is 0.316 e. The first kappa shape index (κ1) is 15.7. The Labute approximate surface area is 118 Å². The monoisotopic (exact) mass is 279 g/mol. The number of hydrogen-bond donors (Lipinski definition) is 3. The molecular formula is C13H21N5O2. The summed E-state index contributed by atoms with van der Waals surface area (Å²) in [7, 11) is 5.07. The minimum Gasteiger partial charge on any atom is -0.373 e. The molecule has 0 aliphatic carbocycles. The van der Waals surface area contributed by atoms with Gasteiger partial charge in [-0.3, -0.25) is 4.79 Å². The average Bonchev–Trinajstić information content (AvgIpc) is 2.42. The molecule has 1 aromatic rings. The number of aromatic nitrogens is 1. The first-order chi connectivity index (χ1) is 9.43. The van der Waals surface area contributed by atoms with Crippen LogP contribution in [0.5, 0.6) is 0 Å². The highest BCUT2D eigenvalue weighted by atomic mass is 16.2. The molecular weight excluding hydrogens is 258 g/mol. The Balaban J connectivity index is 2.47. The van der Waals surface area contributed by atoms with Crippen molar-refractivity contribution in [2.75, 3.05) is 39.5 Å². The van der Waals surface area contributed by atoms with Crippen LogP contribution in [0.15, 0.2) is 12.1 Å². The van der Waals surface area contributed by atoms with E-state index in [1.807, 2.05) is 6.92 Å². The molecule has 3 amide bonds. The molecule has 0 atom stereocenters. The van der Waals surface area contributed by atoms with Crippen LogP contribution < -0.4 is 16.0 Å². The SMILES string of the molecule is CNc1cc(C(=O)NCCNC(=O)N(C)C)cc(C)n1.